The average Bonchev–Trinajstić information content (AvgIpc) is 2.54. The van der Waals surface area contributed by atoms with Crippen LogP contribution < -0.4 is 4.90 Å². The highest BCUT2D eigenvalue weighted by Gasteiger charge is 2.16. The van der Waals surface area contributed by atoms with Crippen molar-refractivity contribution in [2.24, 2.45) is 0 Å². The highest BCUT2D eigenvalue weighted by atomic mass is 35.5. The maximum Gasteiger partial charge on any atom is 0.0474 e. The van der Waals surface area contributed by atoms with Gasteiger partial charge in [-0.15, -0.1) is 11.6 Å². The molecule has 0 aromatic heterocycles. The minimum atomic E-state index is 0.607. The summed E-state index contributed by atoms with van der Waals surface area (Å²) in [5, 5.41) is 0. The van der Waals surface area contributed by atoms with Crippen LogP contribution >= 0.6 is 11.6 Å². The number of hydrogen-bond acceptors (Lipinski definition) is 1. The number of hydrogen-bond donors (Lipinski definition) is 0. The van der Waals surface area contributed by atoms with E-state index < -0.39 is 0 Å². The van der Waals surface area contributed by atoms with Gasteiger partial charge >= 0.3 is 0 Å². The van der Waals surface area contributed by atoms with E-state index in [0.717, 1.165) is 0 Å². The maximum atomic E-state index is 5.81. The molecule has 0 radical (unpaired) electrons. The number of nitrogens with zero attached hydrogens (tertiary/aromatic N) is 1. The SMILES string of the molecule is CC1CCCCCN1c1ccc(CCl)cc1. The Balaban J connectivity index is 2.14. The lowest BCUT2D eigenvalue weighted by atomic mass is 10.1. The Morgan fingerprint density at radius 2 is 1.94 bits per heavy atom. The molecule has 0 aliphatic carbocycles. The number of anilines is 1. The molecule has 88 valence electrons. The van der Waals surface area contributed by atoms with E-state index in [9.17, 15) is 0 Å². The first kappa shape index (κ1) is 11.8. The fourth-order valence-corrected chi connectivity index (χ4v) is 2.61. The summed E-state index contributed by atoms with van der Waals surface area (Å²) in [5.74, 6) is 0.607. The fraction of sp³-hybridized carbons (Fsp3) is 0.571. The van der Waals surface area contributed by atoms with Crippen molar-refractivity contribution in [1.29, 1.82) is 0 Å². The van der Waals surface area contributed by atoms with Gasteiger partial charge in [-0.25, -0.2) is 0 Å². The minimum absolute atomic E-state index is 0.607. The predicted octanol–water partition coefficient (Wildman–Crippen LogP) is 4.19. The highest BCUT2D eigenvalue weighted by molar-refractivity contribution is 6.17. The third-order valence-corrected chi connectivity index (χ3v) is 3.78. The lowest BCUT2D eigenvalue weighted by Gasteiger charge is -2.29. The summed E-state index contributed by atoms with van der Waals surface area (Å²) in [6, 6.07) is 9.36. The van der Waals surface area contributed by atoms with Crippen molar-refractivity contribution < 1.29 is 0 Å². The van der Waals surface area contributed by atoms with Crippen molar-refractivity contribution in [2.75, 3.05) is 11.4 Å². The number of rotatable bonds is 2. The van der Waals surface area contributed by atoms with Crippen LogP contribution in [0.1, 0.15) is 38.2 Å². The van der Waals surface area contributed by atoms with Crippen LogP contribution in [-0.4, -0.2) is 12.6 Å². The Bertz CT molecular complexity index is 320. The monoisotopic (exact) mass is 237 g/mol. The van der Waals surface area contributed by atoms with Crippen molar-refractivity contribution in [3.05, 3.63) is 29.8 Å². The van der Waals surface area contributed by atoms with Gasteiger partial charge in [-0.1, -0.05) is 25.0 Å². The molecule has 1 atom stereocenters. The molecule has 0 spiro atoms. The lowest BCUT2D eigenvalue weighted by molar-refractivity contribution is 0.616. The third-order valence-electron chi connectivity index (χ3n) is 3.48. The summed E-state index contributed by atoms with van der Waals surface area (Å²) in [6.07, 6.45) is 5.39. The molecule has 1 unspecified atom stereocenters. The van der Waals surface area contributed by atoms with Gasteiger partial charge in [0.2, 0.25) is 0 Å². The molecular weight excluding hydrogens is 218 g/mol. The van der Waals surface area contributed by atoms with E-state index in [-0.39, 0.29) is 0 Å². The molecule has 16 heavy (non-hydrogen) atoms. The summed E-state index contributed by atoms with van der Waals surface area (Å²) in [5.41, 5.74) is 2.55. The second-order valence-electron chi connectivity index (χ2n) is 4.69. The van der Waals surface area contributed by atoms with Crippen LogP contribution in [0.2, 0.25) is 0 Å². The van der Waals surface area contributed by atoms with Crippen LogP contribution in [0, 0.1) is 0 Å². The Labute approximate surface area is 103 Å². The standard InChI is InChI=1S/C14H20ClN/c1-12-5-3-2-4-10-16(12)14-8-6-13(11-15)7-9-14/h6-9,12H,2-5,10-11H2,1H3. The number of halogens is 1. The molecule has 1 saturated heterocycles. The van der Waals surface area contributed by atoms with Gasteiger partial charge in [-0.3, -0.25) is 0 Å². The Kier molecular flexibility index (Phi) is 4.11. The second kappa shape index (κ2) is 5.58. The van der Waals surface area contributed by atoms with Gasteiger partial charge in [0.25, 0.3) is 0 Å². The van der Waals surface area contributed by atoms with Crippen molar-refractivity contribution in [3.63, 3.8) is 0 Å². The Morgan fingerprint density at radius 1 is 1.19 bits per heavy atom. The molecular formula is C14H20ClN. The molecule has 0 amide bonds. The number of benzene rings is 1. The molecule has 1 heterocycles. The summed E-state index contributed by atoms with van der Waals surface area (Å²) in [4.78, 5) is 2.53. The van der Waals surface area contributed by atoms with Crippen molar-refractivity contribution in [3.8, 4) is 0 Å². The van der Waals surface area contributed by atoms with E-state index in [1.165, 1.54) is 43.5 Å². The first-order valence-electron chi connectivity index (χ1n) is 6.23. The van der Waals surface area contributed by atoms with E-state index in [4.69, 9.17) is 11.6 Å². The van der Waals surface area contributed by atoms with Gasteiger partial charge in [0.15, 0.2) is 0 Å². The van der Waals surface area contributed by atoms with E-state index in [1.807, 2.05) is 0 Å². The molecule has 1 aliphatic heterocycles. The molecule has 1 aromatic carbocycles. The quantitative estimate of drug-likeness (QED) is 0.697. The molecule has 1 fully saturated rings. The van der Waals surface area contributed by atoms with Gasteiger partial charge in [-0.05, 0) is 37.5 Å². The average molecular weight is 238 g/mol. The summed E-state index contributed by atoms with van der Waals surface area (Å²) >= 11 is 5.81. The largest absolute Gasteiger partial charge is 0.369 e. The normalized spacial score (nSPS) is 21.9. The molecule has 2 rings (SSSR count). The first-order chi connectivity index (χ1) is 7.81. The topological polar surface area (TPSA) is 3.24 Å². The summed E-state index contributed by atoms with van der Waals surface area (Å²) in [7, 11) is 0. The smallest absolute Gasteiger partial charge is 0.0474 e. The van der Waals surface area contributed by atoms with Gasteiger partial charge in [-0.2, -0.15) is 0 Å². The second-order valence-corrected chi connectivity index (χ2v) is 4.96. The molecule has 0 bridgehead atoms. The zero-order chi connectivity index (χ0) is 11.4. The molecule has 1 aliphatic rings. The third kappa shape index (κ3) is 2.70. The predicted molar refractivity (Wildman–Crippen MR) is 71.3 cm³/mol. The van der Waals surface area contributed by atoms with E-state index in [0.29, 0.717) is 11.9 Å². The minimum Gasteiger partial charge on any atom is -0.369 e. The Morgan fingerprint density at radius 3 is 2.62 bits per heavy atom. The van der Waals surface area contributed by atoms with E-state index >= 15 is 0 Å². The van der Waals surface area contributed by atoms with Crippen LogP contribution in [0.5, 0.6) is 0 Å². The number of alkyl halides is 1. The van der Waals surface area contributed by atoms with Crippen LogP contribution in [0.15, 0.2) is 24.3 Å². The molecule has 2 heteroatoms. The molecule has 1 nitrogen and oxygen atoms in total. The van der Waals surface area contributed by atoms with Gasteiger partial charge in [0.05, 0.1) is 0 Å². The Hall–Kier alpha value is -0.690. The lowest BCUT2D eigenvalue weighted by Crippen LogP contribution is -2.32. The van der Waals surface area contributed by atoms with E-state index in [2.05, 4.69) is 36.1 Å². The molecule has 0 saturated carbocycles. The van der Waals surface area contributed by atoms with E-state index in [1.54, 1.807) is 0 Å². The zero-order valence-corrected chi connectivity index (χ0v) is 10.7. The maximum absolute atomic E-state index is 5.81. The van der Waals surface area contributed by atoms with Gasteiger partial charge < -0.3 is 4.90 Å². The van der Waals surface area contributed by atoms with Crippen molar-refractivity contribution in [2.45, 2.75) is 44.5 Å². The highest BCUT2D eigenvalue weighted by Crippen LogP contribution is 2.24. The van der Waals surface area contributed by atoms with Crippen molar-refractivity contribution in [1.82, 2.24) is 0 Å². The van der Waals surface area contributed by atoms with Gasteiger partial charge in [0, 0.05) is 24.2 Å². The van der Waals surface area contributed by atoms with Crippen LogP contribution in [-0.2, 0) is 5.88 Å². The van der Waals surface area contributed by atoms with Crippen LogP contribution in [0.3, 0.4) is 0 Å². The van der Waals surface area contributed by atoms with Crippen LogP contribution in [0.4, 0.5) is 5.69 Å². The fourth-order valence-electron chi connectivity index (χ4n) is 2.43. The van der Waals surface area contributed by atoms with Crippen molar-refractivity contribution >= 4 is 17.3 Å². The summed E-state index contributed by atoms with van der Waals surface area (Å²) in [6.45, 7) is 3.53. The van der Waals surface area contributed by atoms with Gasteiger partial charge in [0.1, 0.15) is 0 Å². The molecule has 1 aromatic rings. The zero-order valence-electron chi connectivity index (χ0n) is 9.95. The summed E-state index contributed by atoms with van der Waals surface area (Å²) < 4.78 is 0. The van der Waals surface area contributed by atoms with Crippen LogP contribution in [0.25, 0.3) is 0 Å². The first-order valence-corrected chi connectivity index (χ1v) is 6.76. The molecule has 0 N–H and O–H groups in total.